The van der Waals surface area contributed by atoms with E-state index in [9.17, 15) is 0 Å². The maximum absolute atomic E-state index is 5.64. The number of rotatable bonds is 13. The zero-order chi connectivity index (χ0) is 14.5. The lowest BCUT2D eigenvalue weighted by atomic mass is 10.3. The Morgan fingerprint density at radius 3 is 2.05 bits per heavy atom. The Hall–Kier alpha value is 0.280. The predicted molar refractivity (Wildman–Crippen MR) is 80.6 cm³/mol. The molecule has 5 nitrogen and oxygen atoms in total. The zero-order valence-corrected chi connectivity index (χ0v) is 13.9. The first kappa shape index (κ1) is 18.3. The standard InChI is InChI=1S/C14H27BrO5/c1-2-3-4-16-5-6-17-7-8-18-9-10-20-14-12-19-11-13(14)15/h13-14H,2-12H2,1H3. The van der Waals surface area contributed by atoms with Crippen molar-refractivity contribution in [2.75, 3.05) is 59.5 Å². The molecule has 1 aliphatic rings. The van der Waals surface area contributed by atoms with Gasteiger partial charge in [0, 0.05) is 6.61 Å². The third-order valence-corrected chi connectivity index (χ3v) is 3.76. The van der Waals surface area contributed by atoms with Gasteiger partial charge in [-0.15, -0.1) is 0 Å². The van der Waals surface area contributed by atoms with Crippen LogP contribution in [0.25, 0.3) is 0 Å². The summed E-state index contributed by atoms with van der Waals surface area (Å²) in [4.78, 5) is 0.304. The normalized spacial score (nSPS) is 22.5. The molecule has 2 atom stereocenters. The second-order valence-corrected chi connectivity index (χ2v) is 5.83. The predicted octanol–water partition coefficient (Wildman–Crippen LogP) is 2.02. The third-order valence-electron chi connectivity index (χ3n) is 2.91. The van der Waals surface area contributed by atoms with Gasteiger partial charge in [0.2, 0.25) is 0 Å². The molecule has 0 aliphatic carbocycles. The lowest BCUT2D eigenvalue weighted by Crippen LogP contribution is -2.24. The minimum atomic E-state index is 0.148. The Kier molecular flexibility index (Phi) is 11.9. The van der Waals surface area contributed by atoms with Crippen molar-refractivity contribution in [1.29, 1.82) is 0 Å². The average Bonchev–Trinajstić information content (AvgIpc) is 2.85. The first-order valence-corrected chi connectivity index (χ1v) is 8.32. The van der Waals surface area contributed by atoms with E-state index in [4.69, 9.17) is 23.7 Å². The number of hydrogen-bond donors (Lipinski definition) is 0. The molecule has 0 amide bonds. The van der Waals surface area contributed by atoms with Crippen LogP contribution in [0.3, 0.4) is 0 Å². The first-order chi connectivity index (χ1) is 9.84. The molecule has 0 aromatic carbocycles. The fourth-order valence-electron chi connectivity index (χ4n) is 1.71. The fraction of sp³-hybridized carbons (Fsp3) is 1.00. The summed E-state index contributed by atoms with van der Waals surface area (Å²) in [5, 5.41) is 0. The Balaban J connectivity index is 1.72. The number of hydrogen-bond acceptors (Lipinski definition) is 5. The maximum atomic E-state index is 5.64. The van der Waals surface area contributed by atoms with E-state index in [0.29, 0.717) is 51.1 Å². The van der Waals surface area contributed by atoms with Gasteiger partial charge in [-0.3, -0.25) is 0 Å². The van der Waals surface area contributed by atoms with E-state index < -0.39 is 0 Å². The quantitative estimate of drug-likeness (QED) is 0.374. The van der Waals surface area contributed by atoms with Crippen LogP contribution in [0.2, 0.25) is 0 Å². The third kappa shape index (κ3) is 9.26. The molecule has 0 aromatic heterocycles. The van der Waals surface area contributed by atoms with Crippen LogP contribution >= 0.6 is 15.9 Å². The molecule has 20 heavy (non-hydrogen) atoms. The second kappa shape index (κ2) is 13.0. The van der Waals surface area contributed by atoms with Crippen molar-refractivity contribution in [2.24, 2.45) is 0 Å². The molecule has 1 aliphatic heterocycles. The number of alkyl halides is 1. The van der Waals surface area contributed by atoms with Gasteiger partial charge in [-0.05, 0) is 6.42 Å². The minimum absolute atomic E-state index is 0.148. The summed E-state index contributed by atoms with van der Waals surface area (Å²) in [7, 11) is 0. The highest BCUT2D eigenvalue weighted by molar-refractivity contribution is 9.09. The molecule has 0 N–H and O–H groups in total. The van der Waals surface area contributed by atoms with E-state index in [1.165, 1.54) is 6.42 Å². The van der Waals surface area contributed by atoms with Gasteiger partial charge < -0.3 is 23.7 Å². The summed E-state index contributed by atoms with van der Waals surface area (Å²) in [6, 6.07) is 0. The number of unbranched alkanes of at least 4 members (excludes halogenated alkanes) is 1. The van der Waals surface area contributed by atoms with E-state index in [1.54, 1.807) is 0 Å². The lowest BCUT2D eigenvalue weighted by Gasteiger charge is -2.13. The monoisotopic (exact) mass is 354 g/mol. The highest BCUT2D eigenvalue weighted by Gasteiger charge is 2.26. The van der Waals surface area contributed by atoms with Crippen molar-refractivity contribution in [3.8, 4) is 0 Å². The van der Waals surface area contributed by atoms with E-state index in [-0.39, 0.29) is 6.10 Å². The molecule has 120 valence electrons. The van der Waals surface area contributed by atoms with Crippen LogP contribution in [0.4, 0.5) is 0 Å². The average molecular weight is 355 g/mol. The molecule has 1 saturated heterocycles. The van der Waals surface area contributed by atoms with Crippen LogP contribution in [0, 0.1) is 0 Å². The van der Waals surface area contributed by atoms with E-state index >= 15 is 0 Å². The molecule has 1 fully saturated rings. The molecule has 0 aromatic rings. The summed E-state index contributed by atoms with van der Waals surface area (Å²) < 4.78 is 27.1. The van der Waals surface area contributed by atoms with Gasteiger partial charge in [0.25, 0.3) is 0 Å². The van der Waals surface area contributed by atoms with Crippen molar-refractivity contribution >= 4 is 15.9 Å². The Labute approximate surface area is 130 Å². The lowest BCUT2D eigenvalue weighted by molar-refractivity contribution is -0.0192. The van der Waals surface area contributed by atoms with Gasteiger partial charge in [-0.2, -0.15) is 0 Å². The molecular formula is C14H27BrO5. The number of halogens is 1. The Bertz CT molecular complexity index is 218. The Morgan fingerprint density at radius 2 is 1.50 bits per heavy atom. The van der Waals surface area contributed by atoms with Crippen molar-refractivity contribution in [1.82, 2.24) is 0 Å². The molecule has 1 heterocycles. The van der Waals surface area contributed by atoms with Crippen molar-refractivity contribution in [3.05, 3.63) is 0 Å². The molecule has 0 bridgehead atoms. The Morgan fingerprint density at radius 1 is 0.900 bits per heavy atom. The van der Waals surface area contributed by atoms with Crippen molar-refractivity contribution in [2.45, 2.75) is 30.7 Å². The van der Waals surface area contributed by atoms with Crippen LogP contribution in [-0.4, -0.2) is 70.4 Å². The summed E-state index contributed by atoms with van der Waals surface area (Å²) in [5.74, 6) is 0. The van der Waals surface area contributed by atoms with Crippen molar-refractivity contribution < 1.29 is 23.7 Å². The van der Waals surface area contributed by atoms with Crippen molar-refractivity contribution in [3.63, 3.8) is 0 Å². The van der Waals surface area contributed by atoms with Gasteiger partial charge >= 0.3 is 0 Å². The highest BCUT2D eigenvalue weighted by atomic mass is 79.9. The molecule has 2 unspecified atom stereocenters. The molecule has 0 saturated carbocycles. The molecule has 0 spiro atoms. The van der Waals surface area contributed by atoms with E-state index in [0.717, 1.165) is 19.6 Å². The van der Waals surface area contributed by atoms with Gasteiger partial charge in [0.1, 0.15) is 0 Å². The molecule has 1 rings (SSSR count). The topological polar surface area (TPSA) is 46.2 Å². The van der Waals surface area contributed by atoms with Crippen LogP contribution in [0.15, 0.2) is 0 Å². The van der Waals surface area contributed by atoms with Crippen LogP contribution < -0.4 is 0 Å². The van der Waals surface area contributed by atoms with Crippen LogP contribution in [-0.2, 0) is 23.7 Å². The summed E-state index contributed by atoms with van der Waals surface area (Å²) in [6.07, 6.45) is 2.43. The van der Waals surface area contributed by atoms with E-state index in [1.807, 2.05) is 0 Å². The molecule has 0 radical (unpaired) electrons. The summed E-state index contributed by atoms with van der Waals surface area (Å²) in [5.41, 5.74) is 0. The largest absolute Gasteiger partial charge is 0.379 e. The molecular weight excluding hydrogens is 328 g/mol. The van der Waals surface area contributed by atoms with Gasteiger partial charge in [0.05, 0.1) is 63.8 Å². The summed E-state index contributed by atoms with van der Waals surface area (Å²) >= 11 is 3.52. The highest BCUT2D eigenvalue weighted by Crippen LogP contribution is 2.17. The second-order valence-electron chi connectivity index (χ2n) is 4.65. The zero-order valence-electron chi connectivity index (χ0n) is 12.4. The van der Waals surface area contributed by atoms with E-state index in [2.05, 4.69) is 22.9 Å². The van der Waals surface area contributed by atoms with Crippen LogP contribution in [0.5, 0.6) is 0 Å². The van der Waals surface area contributed by atoms with Gasteiger partial charge in [-0.25, -0.2) is 0 Å². The SMILES string of the molecule is CCCCOCCOCCOCCOC1COCC1Br. The molecule has 6 heteroatoms. The minimum Gasteiger partial charge on any atom is -0.379 e. The van der Waals surface area contributed by atoms with Gasteiger partial charge in [-0.1, -0.05) is 29.3 Å². The summed E-state index contributed by atoms with van der Waals surface area (Å²) in [6.45, 7) is 8.04. The van der Waals surface area contributed by atoms with Crippen LogP contribution in [0.1, 0.15) is 19.8 Å². The van der Waals surface area contributed by atoms with Gasteiger partial charge in [0.15, 0.2) is 0 Å². The maximum Gasteiger partial charge on any atom is 0.0956 e. The fourth-order valence-corrected chi connectivity index (χ4v) is 2.20. The first-order valence-electron chi connectivity index (χ1n) is 7.41. The number of ether oxygens (including phenoxy) is 5. The smallest absolute Gasteiger partial charge is 0.0956 e.